The number of methoxy groups -OCH3 is 5. The zero-order valence-corrected chi connectivity index (χ0v) is 55.9. The van der Waals surface area contributed by atoms with Gasteiger partial charge in [-0.25, -0.2) is 0 Å². The highest BCUT2D eigenvalue weighted by molar-refractivity contribution is 5.98. The number of nitrogens with zero attached hydrogens (tertiary/aromatic N) is 3. The van der Waals surface area contributed by atoms with Crippen molar-refractivity contribution in [2.75, 3.05) is 67.3 Å². The number of carboxylic acid groups (broad SMARTS) is 1. The van der Waals surface area contributed by atoms with Crippen molar-refractivity contribution < 1.29 is 109 Å². The molecule has 2 amide bonds. The molecule has 0 spiro atoms. The van der Waals surface area contributed by atoms with Gasteiger partial charge < -0.3 is 75.7 Å². The number of nitrogens with one attached hydrogen (secondary N) is 1. The first kappa shape index (κ1) is 90.0. The van der Waals surface area contributed by atoms with Gasteiger partial charge in [-0.2, -0.15) is 26.3 Å². The SMILES string of the molecule is C#[N+]c1ccccc1CC(OC)OC.CC(C)CCC=O.COC(C)CCC(CC(=O)[C@@H](C)CCO)C(=O)Nc1ccccc1CC(OC)OC.C[C@@H](CCO)C(=O)O.N.N[C@H]1CCO[C@H]2CCC(C(=O)n3ccc4ccccc43)N2C1=O.O=CC(F)(F)F.OCC(F)(F)F. The molecule has 2 saturated heterocycles. The van der Waals surface area contributed by atoms with Crippen LogP contribution in [0.15, 0.2) is 85.1 Å². The number of aliphatic hydroxyl groups is 3. The zero-order chi connectivity index (χ0) is 71.6. The molecule has 10 N–H and O–H groups in total. The first-order chi connectivity index (χ1) is 44.4. The number of hydrogen-bond acceptors (Lipinski definition) is 18. The van der Waals surface area contributed by atoms with Gasteiger partial charge in [0.15, 0.2) is 12.6 Å². The highest BCUT2D eigenvalue weighted by atomic mass is 19.4. The minimum Gasteiger partial charge on any atom is -0.481 e. The van der Waals surface area contributed by atoms with E-state index in [1.807, 2.05) is 85.8 Å². The van der Waals surface area contributed by atoms with Crippen molar-refractivity contribution in [1.82, 2.24) is 15.6 Å². The molecule has 6 rings (SSSR count). The summed E-state index contributed by atoms with van der Waals surface area (Å²) < 4.78 is 96.3. The van der Waals surface area contributed by atoms with Crippen molar-refractivity contribution in [3.05, 3.63) is 101 Å². The lowest BCUT2D eigenvalue weighted by Crippen LogP contribution is -2.51. The Morgan fingerprint density at radius 3 is 1.75 bits per heavy atom. The number of carbonyl (C=O) groups is 7. The number of alkyl halides is 6. The van der Waals surface area contributed by atoms with Gasteiger partial charge in [0, 0.05) is 115 Å². The lowest BCUT2D eigenvalue weighted by atomic mass is 9.89. The summed E-state index contributed by atoms with van der Waals surface area (Å²) in [6, 6.07) is 23.7. The van der Waals surface area contributed by atoms with Gasteiger partial charge in [-0.15, -0.1) is 0 Å². The zero-order valence-electron chi connectivity index (χ0n) is 55.9. The quantitative estimate of drug-likeness (QED) is 0.0174. The number of hydrogen-bond donors (Lipinski definition) is 7. The van der Waals surface area contributed by atoms with Crippen LogP contribution in [0.2, 0.25) is 0 Å². The van der Waals surface area contributed by atoms with Crippen molar-refractivity contribution in [3.8, 4) is 6.57 Å². The van der Waals surface area contributed by atoms with Crippen LogP contribution in [0.5, 0.6) is 0 Å². The third-order valence-corrected chi connectivity index (χ3v) is 14.4. The van der Waals surface area contributed by atoms with E-state index >= 15 is 0 Å². The summed E-state index contributed by atoms with van der Waals surface area (Å²) in [6.07, 6.45) is -1.59. The number of Topliss-reactive ketones (excluding diaryl/α,β-unsaturated/α-hetero) is 1. The number of aromatic nitrogens is 1. The molecule has 0 aliphatic carbocycles. The number of carboxylic acids is 1. The van der Waals surface area contributed by atoms with E-state index in [2.05, 4.69) is 24.0 Å². The van der Waals surface area contributed by atoms with Crippen molar-refractivity contribution in [1.29, 1.82) is 0 Å². The van der Waals surface area contributed by atoms with Gasteiger partial charge in [-0.05, 0) is 92.8 Å². The number of aliphatic carboxylic acids is 1. The lowest BCUT2D eigenvalue weighted by molar-refractivity contribution is -0.159. The maximum absolute atomic E-state index is 13.1. The van der Waals surface area contributed by atoms with Gasteiger partial charge in [-0.3, -0.25) is 33.3 Å². The molecule has 2 aliphatic heterocycles. The van der Waals surface area contributed by atoms with Crippen LogP contribution in [-0.2, 0) is 70.0 Å². The van der Waals surface area contributed by atoms with Crippen LogP contribution in [0.1, 0.15) is 115 Å². The van der Waals surface area contributed by atoms with Gasteiger partial charge in [0.1, 0.15) is 30.9 Å². The van der Waals surface area contributed by atoms with E-state index in [1.165, 1.54) is 0 Å². The average molecular weight is 1360 g/mol. The minimum absolute atomic E-state index is 0. The second-order valence-electron chi connectivity index (χ2n) is 22.0. The molecule has 95 heavy (non-hydrogen) atoms. The molecule has 4 aromatic rings. The Morgan fingerprint density at radius 2 is 1.26 bits per heavy atom. The number of nitrogens with two attached hydrogens (primary N) is 1. The van der Waals surface area contributed by atoms with E-state index in [0.717, 1.165) is 46.8 Å². The number of fused-ring (bicyclic) bond motifs is 2. The summed E-state index contributed by atoms with van der Waals surface area (Å²) >= 11 is 0. The maximum Gasteiger partial charge on any atom is 0.446 e. The van der Waals surface area contributed by atoms with Crippen LogP contribution >= 0.6 is 0 Å². The Morgan fingerprint density at radius 1 is 0.737 bits per heavy atom. The van der Waals surface area contributed by atoms with Crippen LogP contribution in [0, 0.1) is 30.2 Å². The molecule has 2 aliphatic rings. The van der Waals surface area contributed by atoms with Gasteiger partial charge in [0.05, 0.1) is 30.2 Å². The van der Waals surface area contributed by atoms with Crippen LogP contribution in [0.4, 0.5) is 37.7 Å². The first-order valence-electron chi connectivity index (χ1n) is 30.3. The Bertz CT molecular complexity index is 2870. The number of benzene rings is 3. The number of ketones is 1. The topological polar surface area (TPSA) is 341 Å². The van der Waals surface area contributed by atoms with E-state index in [4.69, 9.17) is 65.9 Å². The normalized spacial score (nSPS) is 16.1. The number of carbonyl (C=O) groups excluding carboxylic acids is 6. The molecular weight excluding hydrogens is 1260 g/mol. The highest BCUT2D eigenvalue weighted by Gasteiger charge is 2.45. The summed E-state index contributed by atoms with van der Waals surface area (Å²) in [7, 11) is 7.99. The molecule has 23 nitrogen and oxygen atoms in total. The third kappa shape index (κ3) is 36.6. The van der Waals surface area contributed by atoms with Gasteiger partial charge >= 0.3 is 24.0 Å². The maximum atomic E-state index is 13.1. The fraction of sp³-hybridized carbons (Fsp3) is 0.576. The summed E-state index contributed by atoms with van der Waals surface area (Å²) in [6.45, 7) is 13.4. The molecule has 0 bridgehead atoms. The Kier molecular flexibility index (Phi) is 46.8. The fourth-order valence-corrected chi connectivity index (χ4v) is 8.71. The molecule has 3 heterocycles. The molecule has 29 heteroatoms. The fourth-order valence-electron chi connectivity index (χ4n) is 8.71. The van der Waals surface area contributed by atoms with Gasteiger partial charge in [0.2, 0.25) is 18.1 Å². The standard InChI is InChI=1S/C23H37NO6.C17H19N3O3.C11H14NO2.C6H12O.C5H10O3.C2H3F3O.C2HF3O.H3N/c1-16(12-13-25)21(26)14-19(11-10-17(2)28-3)23(27)24-20-9-7-6-8-18(20)15-22(29-4)30-5;18-12-8-10-23-15-6-5-14(20(15)16(12)21)17(22)19-9-7-11-3-1-2-4-13(11)19;1-12-10-7-5-4-6-9(10)8-11(13-2)14-3;1-6(2)4-3-5-7;1-4(2-3-6)5(7)8;2*3-2(4,5)1-6;/h6-9,16-17,19,22,25H,10-15H2,1-5H3,(H,24,27);1-4,7,9,12,14-15H,5-6,8,10,18H2;1,4-7,11H,8H2,2-3H3;5-6H,3-4H2,1-2H3;4,6H,2-3H2,1H3,(H,7,8);6H,1H2;1H;1H3/q;;+1;;;;;/t16-,17?,19?;12-,14?,15-;;;4-;;;/m00..0.../s1. The Labute approximate surface area is 552 Å². The summed E-state index contributed by atoms with van der Waals surface area (Å²) in [5.74, 6) is -1.82. The second kappa shape index (κ2) is 49.4. The lowest BCUT2D eigenvalue weighted by Gasteiger charge is -2.28. The molecule has 1 aromatic heterocycles. The average Bonchev–Trinajstić information content (AvgIpc) is 1.64. The van der Waals surface area contributed by atoms with Gasteiger partial charge in [0.25, 0.3) is 12.5 Å². The number of halogens is 6. The van der Waals surface area contributed by atoms with Gasteiger partial charge in [-0.1, -0.05) is 82.3 Å². The number of anilines is 1. The van der Waals surface area contributed by atoms with Crippen LogP contribution in [-0.4, -0.2) is 183 Å². The van der Waals surface area contributed by atoms with E-state index in [9.17, 15) is 55.1 Å². The smallest absolute Gasteiger partial charge is 0.446 e. The molecular formula is C66H99F6N6O17+. The highest BCUT2D eigenvalue weighted by Crippen LogP contribution is 2.31. The van der Waals surface area contributed by atoms with Crippen molar-refractivity contribution in [2.24, 2.45) is 29.4 Å². The number of aldehydes is 2. The molecule has 2 fully saturated rings. The first-order valence-corrected chi connectivity index (χ1v) is 30.3. The molecule has 0 radical (unpaired) electrons. The van der Waals surface area contributed by atoms with Crippen molar-refractivity contribution in [2.45, 2.75) is 161 Å². The van der Waals surface area contributed by atoms with E-state index in [1.54, 1.807) is 65.1 Å². The van der Waals surface area contributed by atoms with Crippen LogP contribution < -0.4 is 17.2 Å². The monoisotopic (exact) mass is 1360 g/mol. The molecule has 536 valence electrons. The van der Waals surface area contributed by atoms with E-state index in [0.29, 0.717) is 76.0 Å². The van der Waals surface area contributed by atoms with Crippen LogP contribution in [0.3, 0.4) is 0 Å². The molecule has 3 aromatic carbocycles. The molecule has 3 unspecified atom stereocenters. The number of amides is 2. The number of aliphatic hydroxyl groups excluding tert-OH is 3. The predicted molar refractivity (Wildman–Crippen MR) is 346 cm³/mol. The third-order valence-electron chi connectivity index (χ3n) is 14.4. The Hall–Kier alpha value is -7.08. The minimum atomic E-state index is -4.64. The van der Waals surface area contributed by atoms with E-state index < -0.39 is 61.4 Å². The summed E-state index contributed by atoms with van der Waals surface area (Å²) in [4.78, 5) is 84.8. The van der Waals surface area contributed by atoms with Crippen LogP contribution in [0.25, 0.3) is 15.7 Å². The van der Waals surface area contributed by atoms with Crippen molar-refractivity contribution in [3.63, 3.8) is 0 Å². The van der Waals surface area contributed by atoms with E-state index in [-0.39, 0.29) is 73.8 Å². The largest absolute Gasteiger partial charge is 0.481 e. The summed E-state index contributed by atoms with van der Waals surface area (Å²) in [5, 5.41) is 36.8. The predicted octanol–water partition coefficient (Wildman–Crippen LogP) is 10.1. The molecule has 7 atom stereocenters. The number of para-hydroxylation sites is 3. The number of rotatable bonds is 26. The summed E-state index contributed by atoms with van der Waals surface area (Å²) in [5.41, 5.74) is 10.1. The Balaban J connectivity index is 0. The second-order valence-corrected chi connectivity index (χ2v) is 22.0. The van der Waals surface area contributed by atoms with Crippen molar-refractivity contribution >= 4 is 64.3 Å². The molecule has 0 saturated carbocycles. The number of ether oxygens (including phenoxy) is 6.